The first-order chi connectivity index (χ1) is 12.0. The van der Waals surface area contributed by atoms with Crippen molar-refractivity contribution in [3.8, 4) is 0 Å². The SMILES string of the molecule is CN(C)c1nccc(N2C[C@@H](F)C[C@H]2CNC(=O)Cn2cccn2)n1. The zero-order chi connectivity index (χ0) is 17.8. The zero-order valence-electron chi connectivity index (χ0n) is 14.3. The second kappa shape index (κ2) is 7.45. The van der Waals surface area contributed by atoms with Crippen LogP contribution < -0.4 is 15.1 Å². The van der Waals surface area contributed by atoms with Gasteiger partial charge in [0.05, 0.1) is 12.6 Å². The maximum atomic E-state index is 14.0. The molecule has 2 aromatic heterocycles. The Morgan fingerprint density at radius 3 is 3.00 bits per heavy atom. The average Bonchev–Trinajstić information content (AvgIpc) is 3.22. The van der Waals surface area contributed by atoms with Crippen molar-refractivity contribution in [3.05, 3.63) is 30.7 Å². The highest BCUT2D eigenvalue weighted by Crippen LogP contribution is 2.26. The van der Waals surface area contributed by atoms with Crippen LogP contribution >= 0.6 is 0 Å². The minimum Gasteiger partial charge on any atom is -0.352 e. The van der Waals surface area contributed by atoms with Gasteiger partial charge in [-0.15, -0.1) is 0 Å². The Morgan fingerprint density at radius 2 is 2.28 bits per heavy atom. The lowest BCUT2D eigenvalue weighted by atomic mass is 10.2. The van der Waals surface area contributed by atoms with E-state index in [0.717, 1.165) is 0 Å². The molecule has 1 aliphatic rings. The Morgan fingerprint density at radius 1 is 1.44 bits per heavy atom. The average molecular weight is 347 g/mol. The number of hydrogen-bond donors (Lipinski definition) is 1. The van der Waals surface area contributed by atoms with Crippen LogP contribution in [0.1, 0.15) is 6.42 Å². The lowest BCUT2D eigenvalue weighted by Gasteiger charge is -2.26. The van der Waals surface area contributed by atoms with Crippen molar-refractivity contribution in [1.82, 2.24) is 25.1 Å². The van der Waals surface area contributed by atoms with Crippen LogP contribution in [0, 0.1) is 0 Å². The number of nitrogens with zero attached hydrogens (tertiary/aromatic N) is 6. The van der Waals surface area contributed by atoms with E-state index in [1.165, 1.54) is 0 Å². The molecule has 0 saturated carbocycles. The Bertz CT molecular complexity index is 706. The molecular weight excluding hydrogens is 325 g/mol. The quantitative estimate of drug-likeness (QED) is 0.818. The molecule has 0 aliphatic carbocycles. The number of halogens is 1. The van der Waals surface area contributed by atoms with Crippen LogP contribution in [0.4, 0.5) is 16.2 Å². The molecule has 3 heterocycles. The number of anilines is 2. The summed E-state index contributed by atoms with van der Waals surface area (Å²) in [5, 5.41) is 6.86. The number of carbonyl (C=O) groups is 1. The molecule has 1 saturated heterocycles. The summed E-state index contributed by atoms with van der Waals surface area (Å²) in [6.07, 6.45) is 4.44. The maximum absolute atomic E-state index is 14.0. The molecule has 0 spiro atoms. The lowest BCUT2D eigenvalue weighted by molar-refractivity contribution is -0.121. The van der Waals surface area contributed by atoms with E-state index in [0.29, 0.717) is 24.7 Å². The summed E-state index contributed by atoms with van der Waals surface area (Å²) in [6, 6.07) is 3.39. The van der Waals surface area contributed by atoms with E-state index in [2.05, 4.69) is 20.4 Å². The molecule has 1 amide bonds. The fourth-order valence-corrected chi connectivity index (χ4v) is 2.88. The summed E-state index contributed by atoms with van der Waals surface area (Å²) >= 11 is 0. The van der Waals surface area contributed by atoms with Gasteiger partial charge in [-0.25, -0.2) is 9.37 Å². The van der Waals surface area contributed by atoms with Gasteiger partial charge >= 0.3 is 0 Å². The lowest BCUT2D eigenvalue weighted by Crippen LogP contribution is -2.41. The minimum absolute atomic E-state index is 0.138. The first-order valence-electron chi connectivity index (χ1n) is 8.18. The van der Waals surface area contributed by atoms with Gasteiger partial charge in [0.25, 0.3) is 0 Å². The maximum Gasteiger partial charge on any atom is 0.241 e. The summed E-state index contributed by atoms with van der Waals surface area (Å²) in [7, 11) is 3.71. The van der Waals surface area contributed by atoms with Crippen LogP contribution in [-0.4, -0.2) is 65.1 Å². The van der Waals surface area contributed by atoms with Gasteiger partial charge in [-0.2, -0.15) is 10.1 Å². The first-order valence-corrected chi connectivity index (χ1v) is 8.18. The van der Waals surface area contributed by atoms with E-state index in [1.807, 2.05) is 19.0 Å². The number of amides is 1. The van der Waals surface area contributed by atoms with Gasteiger partial charge in [0.1, 0.15) is 18.5 Å². The molecule has 1 fully saturated rings. The van der Waals surface area contributed by atoms with Gasteiger partial charge in [0.15, 0.2) is 0 Å². The Labute approximate surface area is 145 Å². The van der Waals surface area contributed by atoms with Gasteiger partial charge in [-0.3, -0.25) is 9.48 Å². The predicted molar refractivity (Wildman–Crippen MR) is 92.2 cm³/mol. The molecule has 1 aliphatic heterocycles. The van der Waals surface area contributed by atoms with Gasteiger partial charge in [-0.1, -0.05) is 0 Å². The largest absolute Gasteiger partial charge is 0.352 e. The third-order valence-corrected chi connectivity index (χ3v) is 4.09. The Hall–Kier alpha value is -2.71. The molecule has 3 rings (SSSR count). The number of nitrogens with one attached hydrogen (secondary N) is 1. The number of aromatic nitrogens is 4. The van der Waals surface area contributed by atoms with E-state index < -0.39 is 6.17 Å². The second-order valence-electron chi connectivity index (χ2n) is 6.26. The number of alkyl halides is 1. The van der Waals surface area contributed by atoms with E-state index in [4.69, 9.17) is 0 Å². The van der Waals surface area contributed by atoms with Crippen LogP contribution in [-0.2, 0) is 11.3 Å². The Balaban J connectivity index is 1.63. The molecule has 9 heteroatoms. The topological polar surface area (TPSA) is 79.2 Å². The van der Waals surface area contributed by atoms with Crippen LogP contribution in [0.15, 0.2) is 30.7 Å². The Kier molecular flexibility index (Phi) is 5.11. The highest BCUT2D eigenvalue weighted by Gasteiger charge is 2.33. The highest BCUT2D eigenvalue weighted by atomic mass is 19.1. The fourth-order valence-electron chi connectivity index (χ4n) is 2.88. The third kappa shape index (κ3) is 4.23. The molecule has 0 unspecified atom stereocenters. The highest BCUT2D eigenvalue weighted by molar-refractivity contribution is 5.75. The summed E-state index contributed by atoms with van der Waals surface area (Å²) in [6.45, 7) is 0.780. The van der Waals surface area contributed by atoms with Crippen molar-refractivity contribution in [2.45, 2.75) is 25.2 Å². The summed E-state index contributed by atoms with van der Waals surface area (Å²) < 4.78 is 15.5. The van der Waals surface area contributed by atoms with Crippen molar-refractivity contribution in [3.63, 3.8) is 0 Å². The molecular formula is C16H22FN7O. The number of hydrogen-bond acceptors (Lipinski definition) is 6. The normalized spacial score (nSPS) is 19.9. The molecule has 1 N–H and O–H groups in total. The molecule has 2 aromatic rings. The zero-order valence-corrected chi connectivity index (χ0v) is 14.3. The van der Waals surface area contributed by atoms with E-state index in [9.17, 15) is 9.18 Å². The van der Waals surface area contributed by atoms with Crippen molar-refractivity contribution in [2.75, 3.05) is 37.0 Å². The standard InChI is InChI=1S/C16H22FN7O/c1-22(2)16-18-6-4-14(21-16)24-10-12(17)8-13(24)9-19-15(25)11-23-7-3-5-20-23/h3-7,12-13H,8-11H2,1-2H3,(H,19,25)/t12-,13-/m0/s1. The van der Waals surface area contributed by atoms with Crippen LogP contribution in [0.5, 0.6) is 0 Å². The number of carbonyl (C=O) groups excluding carboxylic acids is 1. The molecule has 2 atom stereocenters. The predicted octanol–water partition coefficient (Wildman–Crippen LogP) is 0.472. The van der Waals surface area contributed by atoms with Gasteiger partial charge in [0, 0.05) is 45.7 Å². The molecule has 0 bridgehead atoms. The summed E-state index contributed by atoms with van der Waals surface area (Å²) in [5.74, 6) is 1.09. The molecule has 25 heavy (non-hydrogen) atoms. The van der Waals surface area contributed by atoms with Crippen molar-refractivity contribution in [2.24, 2.45) is 0 Å². The van der Waals surface area contributed by atoms with Crippen molar-refractivity contribution < 1.29 is 9.18 Å². The molecule has 0 aromatic carbocycles. The van der Waals surface area contributed by atoms with E-state index in [-0.39, 0.29) is 25.0 Å². The minimum atomic E-state index is -0.939. The molecule has 0 radical (unpaired) electrons. The summed E-state index contributed by atoms with van der Waals surface area (Å²) in [5.41, 5.74) is 0. The third-order valence-electron chi connectivity index (χ3n) is 4.09. The number of rotatable bonds is 6. The smallest absolute Gasteiger partial charge is 0.241 e. The fraction of sp³-hybridized carbons (Fsp3) is 0.500. The monoisotopic (exact) mass is 347 g/mol. The molecule has 8 nitrogen and oxygen atoms in total. The van der Waals surface area contributed by atoms with Crippen molar-refractivity contribution >= 4 is 17.7 Å². The van der Waals surface area contributed by atoms with Gasteiger partial charge in [0.2, 0.25) is 11.9 Å². The van der Waals surface area contributed by atoms with Crippen LogP contribution in [0.3, 0.4) is 0 Å². The van der Waals surface area contributed by atoms with Crippen LogP contribution in [0.25, 0.3) is 0 Å². The first kappa shape index (κ1) is 17.1. The summed E-state index contributed by atoms with van der Waals surface area (Å²) in [4.78, 5) is 24.4. The molecule has 134 valence electrons. The van der Waals surface area contributed by atoms with Gasteiger partial charge in [-0.05, 0) is 12.1 Å². The van der Waals surface area contributed by atoms with Gasteiger partial charge < -0.3 is 15.1 Å². The second-order valence-corrected chi connectivity index (χ2v) is 6.26. The van der Waals surface area contributed by atoms with E-state index in [1.54, 1.807) is 40.3 Å². The van der Waals surface area contributed by atoms with Crippen LogP contribution in [0.2, 0.25) is 0 Å². The van der Waals surface area contributed by atoms with Crippen molar-refractivity contribution in [1.29, 1.82) is 0 Å². The van der Waals surface area contributed by atoms with E-state index >= 15 is 0 Å².